The molecular formula is C18H38N4O2. The first kappa shape index (κ1) is 21.2. The SMILES string of the molecule is CCNC(=NCCCOC1CCOC1)NCCCCN(C)C(C)C. The molecule has 1 saturated heterocycles. The predicted octanol–water partition coefficient (Wildman–Crippen LogP) is 1.86. The Hall–Kier alpha value is -0.850. The first-order valence-electron chi connectivity index (χ1n) is 9.55. The lowest BCUT2D eigenvalue weighted by Gasteiger charge is -2.20. The lowest BCUT2D eigenvalue weighted by molar-refractivity contribution is 0.0424. The number of nitrogens with one attached hydrogen (secondary N) is 2. The fourth-order valence-electron chi connectivity index (χ4n) is 2.44. The van der Waals surface area contributed by atoms with E-state index in [0.717, 1.165) is 71.2 Å². The number of unbranched alkanes of at least 4 members (excludes halogenated alkanes) is 1. The van der Waals surface area contributed by atoms with Gasteiger partial charge in [0.05, 0.1) is 12.7 Å². The number of rotatable bonds is 12. The normalized spacial score (nSPS) is 18.6. The van der Waals surface area contributed by atoms with Crippen LogP contribution in [0.15, 0.2) is 4.99 Å². The maximum atomic E-state index is 5.76. The Morgan fingerprint density at radius 3 is 2.79 bits per heavy atom. The van der Waals surface area contributed by atoms with Crippen LogP contribution in [-0.2, 0) is 9.47 Å². The molecule has 1 rings (SSSR count). The monoisotopic (exact) mass is 342 g/mol. The summed E-state index contributed by atoms with van der Waals surface area (Å²) < 4.78 is 11.1. The molecule has 0 aromatic rings. The van der Waals surface area contributed by atoms with E-state index in [1.54, 1.807) is 0 Å². The number of hydrogen-bond acceptors (Lipinski definition) is 4. The molecule has 0 saturated carbocycles. The van der Waals surface area contributed by atoms with E-state index in [2.05, 4.69) is 48.3 Å². The van der Waals surface area contributed by atoms with Crippen molar-refractivity contribution in [3.8, 4) is 0 Å². The highest BCUT2D eigenvalue weighted by Crippen LogP contribution is 2.08. The van der Waals surface area contributed by atoms with E-state index in [1.165, 1.54) is 6.42 Å². The van der Waals surface area contributed by atoms with Crippen molar-refractivity contribution >= 4 is 5.96 Å². The van der Waals surface area contributed by atoms with Gasteiger partial charge in [0.25, 0.3) is 0 Å². The summed E-state index contributed by atoms with van der Waals surface area (Å²) in [6.45, 7) is 12.7. The number of nitrogens with zero attached hydrogens (tertiary/aromatic N) is 2. The van der Waals surface area contributed by atoms with Crippen molar-refractivity contribution < 1.29 is 9.47 Å². The molecule has 142 valence electrons. The van der Waals surface area contributed by atoms with Gasteiger partial charge in [0, 0.05) is 38.9 Å². The van der Waals surface area contributed by atoms with Crippen LogP contribution in [0.2, 0.25) is 0 Å². The van der Waals surface area contributed by atoms with Crippen LogP contribution >= 0.6 is 0 Å². The fourth-order valence-corrected chi connectivity index (χ4v) is 2.44. The molecule has 2 N–H and O–H groups in total. The topological polar surface area (TPSA) is 58.1 Å². The van der Waals surface area contributed by atoms with E-state index in [1.807, 2.05) is 0 Å². The molecule has 1 aliphatic heterocycles. The zero-order chi connectivity index (χ0) is 17.6. The van der Waals surface area contributed by atoms with Gasteiger partial charge in [-0.1, -0.05) is 0 Å². The van der Waals surface area contributed by atoms with Crippen molar-refractivity contribution in [2.75, 3.05) is 53.0 Å². The summed E-state index contributed by atoms with van der Waals surface area (Å²) in [7, 11) is 2.18. The Morgan fingerprint density at radius 1 is 1.29 bits per heavy atom. The molecule has 1 heterocycles. The highest BCUT2D eigenvalue weighted by atomic mass is 16.5. The molecule has 24 heavy (non-hydrogen) atoms. The summed E-state index contributed by atoms with van der Waals surface area (Å²) in [6, 6.07) is 0.620. The quantitative estimate of drug-likeness (QED) is 0.322. The fraction of sp³-hybridized carbons (Fsp3) is 0.944. The first-order chi connectivity index (χ1) is 11.6. The van der Waals surface area contributed by atoms with Crippen molar-refractivity contribution in [1.29, 1.82) is 0 Å². The predicted molar refractivity (Wildman–Crippen MR) is 101 cm³/mol. The van der Waals surface area contributed by atoms with Gasteiger partial charge in [-0.3, -0.25) is 4.99 Å². The Bertz CT molecular complexity index is 331. The van der Waals surface area contributed by atoms with Gasteiger partial charge >= 0.3 is 0 Å². The second-order valence-corrected chi connectivity index (χ2v) is 6.68. The minimum Gasteiger partial charge on any atom is -0.379 e. The average Bonchev–Trinajstić information content (AvgIpc) is 3.07. The van der Waals surface area contributed by atoms with Crippen molar-refractivity contribution in [2.45, 2.75) is 58.6 Å². The standard InChI is InChI=1S/C18H38N4O2/c1-5-19-18(20-10-6-7-12-22(4)16(2)3)21-11-8-13-24-17-9-14-23-15-17/h16-17H,5-15H2,1-4H3,(H2,19,20,21). The molecule has 1 atom stereocenters. The van der Waals surface area contributed by atoms with Crippen molar-refractivity contribution in [3.63, 3.8) is 0 Å². The second kappa shape index (κ2) is 13.4. The summed E-state index contributed by atoms with van der Waals surface area (Å²) in [6.07, 6.45) is 4.64. The Labute approximate surface area is 148 Å². The largest absolute Gasteiger partial charge is 0.379 e. The number of aliphatic imine (C=N–C) groups is 1. The smallest absolute Gasteiger partial charge is 0.191 e. The van der Waals surface area contributed by atoms with Gasteiger partial charge in [0.1, 0.15) is 0 Å². The highest BCUT2D eigenvalue weighted by Gasteiger charge is 2.15. The van der Waals surface area contributed by atoms with Crippen molar-refractivity contribution in [3.05, 3.63) is 0 Å². The summed E-state index contributed by atoms with van der Waals surface area (Å²) in [5.41, 5.74) is 0. The summed E-state index contributed by atoms with van der Waals surface area (Å²) in [5.74, 6) is 0.916. The maximum absolute atomic E-state index is 5.76. The second-order valence-electron chi connectivity index (χ2n) is 6.68. The van der Waals surface area contributed by atoms with Crippen molar-refractivity contribution in [2.24, 2.45) is 4.99 Å². The molecule has 0 bridgehead atoms. The Balaban J connectivity index is 2.08. The third-order valence-corrected chi connectivity index (χ3v) is 4.27. The molecule has 0 aromatic carbocycles. The van der Waals surface area contributed by atoms with Crippen LogP contribution in [0.25, 0.3) is 0 Å². The van der Waals surface area contributed by atoms with Gasteiger partial charge in [0.15, 0.2) is 5.96 Å². The van der Waals surface area contributed by atoms with E-state index in [9.17, 15) is 0 Å². The van der Waals surface area contributed by atoms with Gasteiger partial charge in [0.2, 0.25) is 0 Å². The van der Waals surface area contributed by atoms with Crippen LogP contribution < -0.4 is 10.6 Å². The van der Waals surface area contributed by atoms with Gasteiger partial charge < -0.3 is 25.0 Å². The molecule has 6 nitrogen and oxygen atoms in total. The minimum atomic E-state index is 0.296. The van der Waals surface area contributed by atoms with E-state index < -0.39 is 0 Å². The summed E-state index contributed by atoms with van der Waals surface area (Å²) >= 11 is 0. The number of hydrogen-bond donors (Lipinski definition) is 2. The highest BCUT2D eigenvalue weighted by molar-refractivity contribution is 5.79. The molecule has 1 aliphatic rings. The lowest BCUT2D eigenvalue weighted by Crippen LogP contribution is -2.38. The van der Waals surface area contributed by atoms with Gasteiger partial charge in [-0.2, -0.15) is 0 Å². The van der Waals surface area contributed by atoms with Crippen LogP contribution in [-0.4, -0.2) is 76.1 Å². The number of guanidine groups is 1. The maximum Gasteiger partial charge on any atom is 0.191 e. The van der Waals surface area contributed by atoms with E-state index in [0.29, 0.717) is 12.1 Å². The van der Waals surface area contributed by atoms with Crippen LogP contribution in [0.3, 0.4) is 0 Å². The van der Waals surface area contributed by atoms with E-state index in [-0.39, 0.29) is 0 Å². The van der Waals surface area contributed by atoms with Gasteiger partial charge in [-0.15, -0.1) is 0 Å². The summed E-state index contributed by atoms with van der Waals surface area (Å²) in [5, 5.41) is 6.72. The van der Waals surface area contributed by atoms with Gasteiger partial charge in [-0.05, 0) is 60.0 Å². The van der Waals surface area contributed by atoms with Gasteiger partial charge in [-0.25, -0.2) is 0 Å². The number of ether oxygens (including phenoxy) is 2. The summed E-state index contributed by atoms with van der Waals surface area (Å²) in [4.78, 5) is 6.99. The van der Waals surface area contributed by atoms with Crippen molar-refractivity contribution in [1.82, 2.24) is 15.5 Å². The third kappa shape index (κ3) is 10.1. The molecule has 0 amide bonds. The Morgan fingerprint density at radius 2 is 2.12 bits per heavy atom. The molecule has 1 unspecified atom stereocenters. The molecular weight excluding hydrogens is 304 g/mol. The van der Waals surface area contributed by atoms with E-state index >= 15 is 0 Å². The zero-order valence-corrected chi connectivity index (χ0v) is 16.1. The molecule has 0 radical (unpaired) electrons. The van der Waals surface area contributed by atoms with E-state index in [4.69, 9.17) is 9.47 Å². The zero-order valence-electron chi connectivity index (χ0n) is 16.1. The molecule has 0 aromatic heterocycles. The van der Waals surface area contributed by atoms with Crippen LogP contribution in [0, 0.1) is 0 Å². The average molecular weight is 343 g/mol. The Kier molecular flexibility index (Phi) is 11.9. The molecule has 6 heteroatoms. The minimum absolute atomic E-state index is 0.296. The van der Waals surface area contributed by atoms with Crippen LogP contribution in [0.4, 0.5) is 0 Å². The lowest BCUT2D eigenvalue weighted by atomic mass is 10.2. The molecule has 0 aliphatic carbocycles. The van der Waals surface area contributed by atoms with Crippen LogP contribution in [0.5, 0.6) is 0 Å². The van der Waals surface area contributed by atoms with Crippen LogP contribution in [0.1, 0.15) is 46.5 Å². The molecule has 0 spiro atoms. The first-order valence-corrected chi connectivity index (χ1v) is 9.55. The molecule has 1 fully saturated rings. The third-order valence-electron chi connectivity index (χ3n) is 4.27.